The van der Waals surface area contributed by atoms with Crippen molar-refractivity contribution in [3.63, 3.8) is 0 Å². The van der Waals surface area contributed by atoms with Crippen molar-refractivity contribution in [3.8, 4) is 11.5 Å². The Bertz CT molecular complexity index is 1010. The fourth-order valence-electron chi connectivity index (χ4n) is 2.25. The van der Waals surface area contributed by atoms with Crippen molar-refractivity contribution in [3.05, 3.63) is 89.2 Å². The van der Waals surface area contributed by atoms with Crippen LogP contribution in [0.25, 0.3) is 0 Å². The van der Waals surface area contributed by atoms with Gasteiger partial charge < -0.3 is 10.2 Å². The summed E-state index contributed by atoms with van der Waals surface area (Å²) in [6.07, 6.45) is 2.82. The monoisotopic (exact) mass is 403 g/mol. The Morgan fingerprint density at radius 1 is 0.700 bits per heavy atom. The molecule has 0 radical (unpaired) electrons. The summed E-state index contributed by atoms with van der Waals surface area (Å²) in [5, 5.41) is 26.1. The maximum Gasteiger partial charge on any atom is 0.289 e. The first-order chi connectivity index (χ1) is 14.5. The smallest absolute Gasteiger partial charge is 0.289 e. The minimum absolute atomic E-state index is 0.00743. The Labute approximate surface area is 171 Å². The van der Waals surface area contributed by atoms with Crippen LogP contribution in [0.15, 0.2) is 76.9 Å². The number of phenols is 2. The van der Waals surface area contributed by atoms with E-state index in [1.54, 1.807) is 24.3 Å². The van der Waals surface area contributed by atoms with Crippen molar-refractivity contribution in [2.24, 2.45) is 10.2 Å². The van der Waals surface area contributed by atoms with Crippen LogP contribution in [0.3, 0.4) is 0 Å². The third kappa shape index (κ3) is 5.73. The topological polar surface area (TPSA) is 136 Å². The van der Waals surface area contributed by atoms with Gasteiger partial charge in [0.05, 0.1) is 12.4 Å². The Morgan fingerprint density at radius 2 is 1.10 bits per heavy atom. The normalized spacial score (nSPS) is 10.9. The zero-order valence-corrected chi connectivity index (χ0v) is 15.6. The Kier molecular flexibility index (Phi) is 6.47. The van der Waals surface area contributed by atoms with Gasteiger partial charge in [0, 0.05) is 0 Å². The van der Waals surface area contributed by atoms with Crippen molar-refractivity contribution in [1.82, 2.24) is 15.8 Å². The Balaban J connectivity index is 1.58. The van der Waals surface area contributed by atoms with E-state index in [0.29, 0.717) is 11.1 Å². The number of phenolic OH excluding ortho intramolecular Hbond substituents is 2. The number of hydrogen-bond donors (Lipinski definition) is 4. The number of rotatable bonds is 6. The van der Waals surface area contributed by atoms with Gasteiger partial charge in [-0.15, -0.1) is 0 Å². The minimum atomic E-state index is -0.590. The Hall–Kier alpha value is -4.53. The van der Waals surface area contributed by atoms with Crippen LogP contribution in [0.1, 0.15) is 32.1 Å². The average molecular weight is 403 g/mol. The molecule has 150 valence electrons. The molecule has 2 amide bonds. The lowest BCUT2D eigenvalue weighted by molar-refractivity contribution is 0.0945. The molecule has 2 aromatic carbocycles. The molecule has 4 N–H and O–H groups in total. The second-order valence-corrected chi connectivity index (χ2v) is 5.99. The first-order valence-electron chi connectivity index (χ1n) is 8.73. The first kappa shape index (κ1) is 20.2. The van der Waals surface area contributed by atoms with E-state index in [1.165, 1.54) is 54.9 Å². The third-order valence-electron chi connectivity index (χ3n) is 3.76. The number of amides is 2. The van der Waals surface area contributed by atoms with Crippen LogP contribution in [0.5, 0.6) is 11.5 Å². The van der Waals surface area contributed by atoms with Crippen LogP contribution in [0.2, 0.25) is 0 Å². The molecule has 0 saturated heterocycles. The van der Waals surface area contributed by atoms with Crippen molar-refractivity contribution in [2.45, 2.75) is 0 Å². The summed E-state index contributed by atoms with van der Waals surface area (Å²) in [6.45, 7) is 0. The maximum absolute atomic E-state index is 12.2. The summed E-state index contributed by atoms with van der Waals surface area (Å²) in [7, 11) is 0. The molecule has 0 unspecified atom stereocenters. The van der Waals surface area contributed by atoms with Crippen molar-refractivity contribution < 1.29 is 19.8 Å². The van der Waals surface area contributed by atoms with E-state index in [-0.39, 0.29) is 22.9 Å². The summed E-state index contributed by atoms with van der Waals surface area (Å²) in [5.74, 6) is -0.926. The lowest BCUT2D eigenvalue weighted by Crippen LogP contribution is -2.23. The van der Waals surface area contributed by atoms with Gasteiger partial charge in [-0.05, 0) is 71.8 Å². The first-order valence-corrected chi connectivity index (χ1v) is 8.73. The summed E-state index contributed by atoms with van der Waals surface area (Å²) in [5.41, 5.74) is 6.02. The van der Waals surface area contributed by atoms with Gasteiger partial charge in [0.1, 0.15) is 22.9 Å². The van der Waals surface area contributed by atoms with Crippen LogP contribution in [0.4, 0.5) is 0 Å². The molecule has 30 heavy (non-hydrogen) atoms. The summed E-state index contributed by atoms with van der Waals surface area (Å²) >= 11 is 0. The van der Waals surface area contributed by atoms with Crippen molar-refractivity contribution in [1.29, 1.82) is 0 Å². The van der Waals surface area contributed by atoms with E-state index >= 15 is 0 Å². The number of carbonyl (C=O) groups excluding carboxylic acids is 2. The molecule has 9 nitrogen and oxygen atoms in total. The molecular weight excluding hydrogens is 386 g/mol. The number of benzene rings is 2. The van der Waals surface area contributed by atoms with E-state index in [2.05, 4.69) is 26.0 Å². The van der Waals surface area contributed by atoms with Gasteiger partial charge in [0.25, 0.3) is 11.8 Å². The second kappa shape index (κ2) is 9.60. The van der Waals surface area contributed by atoms with Crippen molar-refractivity contribution >= 4 is 24.2 Å². The predicted molar refractivity (Wildman–Crippen MR) is 111 cm³/mol. The van der Waals surface area contributed by atoms with Crippen LogP contribution >= 0.6 is 0 Å². The van der Waals surface area contributed by atoms with Crippen LogP contribution in [-0.2, 0) is 0 Å². The van der Waals surface area contributed by atoms with E-state index < -0.39 is 11.8 Å². The van der Waals surface area contributed by atoms with Crippen molar-refractivity contribution in [2.75, 3.05) is 0 Å². The summed E-state index contributed by atoms with van der Waals surface area (Å²) in [6, 6.07) is 16.9. The molecule has 1 aromatic heterocycles. The van der Waals surface area contributed by atoms with Gasteiger partial charge in [-0.3, -0.25) is 9.59 Å². The van der Waals surface area contributed by atoms with Gasteiger partial charge in [-0.1, -0.05) is 6.07 Å². The molecule has 0 aliphatic rings. The van der Waals surface area contributed by atoms with Gasteiger partial charge in [-0.25, -0.2) is 15.8 Å². The summed E-state index contributed by atoms with van der Waals surface area (Å²) < 4.78 is 0. The number of nitrogens with one attached hydrogen (secondary N) is 2. The molecule has 0 aliphatic carbocycles. The number of aromatic nitrogens is 1. The van der Waals surface area contributed by atoms with E-state index in [9.17, 15) is 19.8 Å². The van der Waals surface area contributed by atoms with Crippen LogP contribution < -0.4 is 10.9 Å². The highest BCUT2D eigenvalue weighted by Gasteiger charge is 2.11. The third-order valence-corrected chi connectivity index (χ3v) is 3.76. The van der Waals surface area contributed by atoms with E-state index in [4.69, 9.17) is 0 Å². The van der Waals surface area contributed by atoms with Crippen LogP contribution in [-0.4, -0.2) is 39.4 Å². The number of aromatic hydroxyl groups is 2. The number of hydrazone groups is 2. The highest BCUT2D eigenvalue weighted by Crippen LogP contribution is 2.08. The zero-order chi connectivity index (χ0) is 21.3. The zero-order valence-electron chi connectivity index (χ0n) is 15.6. The average Bonchev–Trinajstić information content (AvgIpc) is 2.76. The Morgan fingerprint density at radius 3 is 1.50 bits per heavy atom. The largest absolute Gasteiger partial charge is 0.508 e. The fraction of sp³-hybridized carbons (Fsp3) is 0. The molecule has 9 heteroatoms. The van der Waals surface area contributed by atoms with E-state index in [0.717, 1.165) is 0 Å². The lowest BCUT2D eigenvalue weighted by atomic mass is 10.2. The summed E-state index contributed by atoms with van der Waals surface area (Å²) in [4.78, 5) is 28.4. The molecule has 3 rings (SSSR count). The maximum atomic E-state index is 12.2. The van der Waals surface area contributed by atoms with Gasteiger partial charge in [-0.2, -0.15) is 10.2 Å². The molecule has 1 heterocycles. The highest BCUT2D eigenvalue weighted by atomic mass is 16.3. The van der Waals surface area contributed by atoms with Gasteiger partial charge in [0.15, 0.2) is 0 Å². The number of hydrogen-bond acceptors (Lipinski definition) is 7. The highest BCUT2D eigenvalue weighted by molar-refractivity contribution is 5.97. The molecule has 0 saturated carbocycles. The predicted octanol–water partition coefficient (Wildman–Crippen LogP) is 2.02. The van der Waals surface area contributed by atoms with Gasteiger partial charge in [0.2, 0.25) is 0 Å². The molecule has 0 fully saturated rings. The lowest BCUT2D eigenvalue weighted by Gasteiger charge is -2.03. The number of pyridine rings is 1. The number of nitrogens with zero attached hydrogens (tertiary/aromatic N) is 3. The van der Waals surface area contributed by atoms with Crippen LogP contribution in [0, 0.1) is 0 Å². The molecule has 3 aromatic rings. The SMILES string of the molecule is O=C(N/N=C/c1ccc(O)cc1)c1cccc(C(=O)N/N=C/c2ccc(O)cc2)n1. The fourth-order valence-corrected chi connectivity index (χ4v) is 2.25. The van der Waals surface area contributed by atoms with Gasteiger partial charge >= 0.3 is 0 Å². The quantitative estimate of drug-likeness (QED) is 0.369. The molecule has 0 bridgehead atoms. The standard InChI is InChI=1S/C21H17N5O4/c27-16-8-4-14(5-9-16)12-22-25-20(29)18-2-1-3-19(24-18)21(30)26-23-13-15-6-10-17(28)11-7-15/h1-13,27-28H,(H,25,29)(H,26,30)/b22-12+,23-13+. The molecule has 0 spiro atoms. The molecular formula is C21H17N5O4. The molecule has 0 atom stereocenters. The number of carbonyl (C=O) groups is 2. The van der Waals surface area contributed by atoms with E-state index in [1.807, 2.05) is 0 Å². The second-order valence-electron chi connectivity index (χ2n) is 5.99. The minimum Gasteiger partial charge on any atom is -0.508 e. The molecule has 0 aliphatic heterocycles.